The number of hydrogen-bond donors (Lipinski definition) is 2. The Labute approximate surface area is 337 Å². The second kappa shape index (κ2) is 16.2. The molecule has 1 aliphatic carbocycles. The fraction of sp³-hybridized carbons (Fsp3) is 0.525. The van der Waals surface area contributed by atoms with Crippen LogP contribution in [0.25, 0.3) is 10.9 Å². The maximum Gasteiger partial charge on any atom is 0.419 e. The molecule has 2 unspecified atom stereocenters. The Bertz CT molecular complexity index is 2250. The zero-order valence-electron chi connectivity index (χ0n) is 33.0. The van der Waals surface area contributed by atoms with Crippen LogP contribution in [0.2, 0.25) is 0 Å². The van der Waals surface area contributed by atoms with Crippen molar-refractivity contribution >= 4 is 52.0 Å². The number of ether oxygens (including phenoxy) is 5. The number of rotatable bonds is 10. The van der Waals surface area contributed by atoms with Gasteiger partial charge in [0.1, 0.15) is 28.7 Å². The molecule has 1 saturated carbocycles. The summed E-state index contributed by atoms with van der Waals surface area (Å²) in [6, 6.07) is 4.29. The van der Waals surface area contributed by atoms with Gasteiger partial charge in [-0.1, -0.05) is 0 Å². The average molecular weight is 825 g/mol. The van der Waals surface area contributed by atoms with E-state index < -0.39 is 77.3 Å². The molecular formula is C40H46F2N6O11. The number of nitrogens with zero attached hydrogens (tertiary/aromatic N) is 5. The molecule has 2 N–H and O–H groups in total. The summed E-state index contributed by atoms with van der Waals surface area (Å²) in [7, 11) is 1.37. The van der Waals surface area contributed by atoms with Gasteiger partial charge < -0.3 is 48.5 Å². The first kappa shape index (κ1) is 40.1. The fourth-order valence-electron chi connectivity index (χ4n) is 8.79. The molecule has 0 bridgehead atoms. The summed E-state index contributed by atoms with van der Waals surface area (Å²) in [5, 5.41) is 14.4. The number of fused-ring (bicyclic) bond motifs is 2. The van der Waals surface area contributed by atoms with Crippen molar-refractivity contribution in [3.05, 3.63) is 51.3 Å². The molecule has 5 fully saturated rings. The number of aromatic nitrogens is 1. The molecule has 19 heteroatoms. The number of halogens is 2. The van der Waals surface area contributed by atoms with E-state index in [0.29, 0.717) is 62.8 Å². The molecule has 8 rings (SSSR count). The van der Waals surface area contributed by atoms with Crippen molar-refractivity contribution in [1.29, 1.82) is 0 Å². The van der Waals surface area contributed by atoms with Gasteiger partial charge in [0.05, 0.1) is 50.2 Å². The monoisotopic (exact) mass is 824 g/mol. The normalized spacial score (nSPS) is 21.7. The van der Waals surface area contributed by atoms with Crippen LogP contribution >= 0.6 is 0 Å². The molecular weight excluding hydrogens is 778 g/mol. The molecule has 3 aromatic rings. The molecule has 4 saturated heterocycles. The number of piperidine rings is 1. The lowest BCUT2D eigenvalue weighted by Gasteiger charge is -2.29. The van der Waals surface area contributed by atoms with E-state index in [2.05, 4.69) is 5.32 Å². The van der Waals surface area contributed by atoms with Crippen molar-refractivity contribution in [1.82, 2.24) is 14.8 Å². The van der Waals surface area contributed by atoms with E-state index in [1.165, 1.54) is 25.0 Å². The number of phenols is 1. The third-order valence-corrected chi connectivity index (χ3v) is 11.8. The number of nitrogens with one attached hydrogen (secondary N) is 1. The van der Waals surface area contributed by atoms with Crippen LogP contribution in [0.1, 0.15) is 54.7 Å². The highest BCUT2D eigenvalue weighted by Gasteiger charge is 2.41. The molecule has 3 amide bonds. The zero-order valence-corrected chi connectivity index (χ0v) is 33.0. The van der Waals surface area contributed by atoms with Crippen molar-refractivity contribution in [2.45, 2.75) is 57.7 Å². The van der Waals surface area contributed by atoms with Crippen molar-refractivity contribution in [2.24, 2.45) is 5.92 Å². The van der Waals surface area contributed by atoms with Gasteiger partial charge in [-0.2, -0.15) is 0 Å². The highest BCUT2D eigenvalue weighted by atomic mass is 19.1. The molecule has 5 heterocycles. The first-order chi connectivity index (χ1) is 28.4. The Kier molecular flexibility index (Phi) is 11.0. The quantitative estimate of drug-likeness (QED) is 0.223. The molecule has 316 valence electrons. The highest BCUT2D eigenvalue weighted by Crippen LogP contribution is 2.49. The minimum atomic E-state index is -1.24. The molecule has 0 radical (unpaired) electrons. The van der Waals surface area contributed by atoms with Gasteiger partial charge in [-0.3, -0.25) is 14.5 Å². The number of carbonyl (C=O) groups excluding carboxylic acids is 4. The number of pyridine rings is 1. The second-order valence-electron chi connectivity index (χ2n) is 15.5. The smallest absolute Gasteiger partial charge is 0.419 e. The van der Waals surface area contributed by atoms with Crippen LogP contribution in [0.4, 0.5) is 35.4 Å². The Morgan fingerprint density at radius 2 is 1.80 bits per heavy atom. The number of methoxy groups -OCH3 is 1. The molecule has 0 spiro atoms. The Morgan fingerprint density at radius 3 is 2.47 bits per heavy atom. The summed E-state index contributed by atoms with van der Waals surface area (Å²) in [6.07, 6.45) is 0.285. The molecule has 2 aromatic carbocycles. The summed E-state index contributed by atoms with van der Waals surface area (Å²) in [4.78, 5) is 71.6. The third-order valence-electron chi connectivity index (χ3n) is 11.8. The van der Waals surface area contributed by atoms with Crippen molar-refractivity contribution in [2.75, 3.05) is 87.6 Å². The lowest BCUT2D eigenvalue weighted by atomic mass is 9.94. The molecule has 5 aliphatic rings. The SMILES string of the molecule is COc1c(N2CC3CCCNC3C2)c(F)c(O)c2c(=O)c(C(=O)OCOC(=O)N(C[C@H]3CN(c4ccc(N5CCOCC5)c(F)c4)C(=O)O3)C(C)=O)c(C)n(C3CC3)c12. The number of hydrogen-bond acceptors (Lipinski definition) is 14. The highest BCUT2D eigenvalue weighted by molar-refractivity contribution is 6.02. The first-order valence-electron chi connectivity index (χ1n) is 19.8. The second-order valence-corrected chi connectivity index (χ2v) is 15.5. The Balaban J connectivity index is 0.964. The predicted molar refractivity (Wildman–Crippen MR) is 207 cm³/mol. The minimum Gasteiger partial charge on any atom is -0.504 e. The van der Waals surface area contributed by atoms with Crippen LogP contribution in [-0.2, 0) is 23.7 Å². The number of cyclic esters (lactones) is 1. The summed E-state index contributed by atoms with van der Waals surface area (Å²) < 4.78 is 59.9. The molecule has 59 heavy (non-hydrogen) atoms. The summed E-state index contributed by atoms with van der Waals surface area (Å²) in [5.74, 6) is -4.14. The van der Waals surface area contributed by atoms with Crippen LogP contribution in [0.3, 0.4) is 0 Å². The van der Waals surface area contributed by atoms with E-state index >= 15 is 8.78 Å². The van der Waals surface area contributed by atoms with Gasteiger partial charge in [0, 0.05) is 50.9 Å². The van der Waals surface area contributed by atoms with Crippen LogP contribution in [0.15, 0.2) is 23.0 Å². The molecule has 4 aliphatic heterocycles. The standard InChI is InChI=1S/C40H46F2N6O11/c1-21-30(35(50)31-33(48(21)24-6-7-24)37(55-3)34(32(42)36(31)51)45-16-23-5-4-10-43-28(23)19-45)38(52)57-20-58-39(53)46(22(2)49)17-26-18-47(40(54)59-26)25-8-9-29(27(41)15-25)44-11-13-56-14-12-44/h8-9,15,23-24,26,28,43,51H,4-7,10-14,16-20H2,1-3H3/t23?,26-,28?/m0/s1. The summed E-state index contributed by atoms with van der Waals surface area (Å²) in [5.41, 5.74) is -0.527. The first-order valence-corrected chi connectivity index (χ1v) is 19.8. The Morgan fingerprint density at radius 1 is 1.03 bits per heavy atom. The van der Waals surface area contributed by atoms with Crippen LogP contribution in [0, 0.1) is 24.5 Å². The van der Waals surface area contributed by atoms with E-state index in [1.807, 2.05) is 9.80 Å². The van der Waals surface area contributed by atoms with Crippen LogP contribution in [0.5, 0.6) is 11.5 Å². The van der Waals surface area contributed by atoms with Crippen molar-refractivity contribution < 1.29 is 56.7 Å². The van der Waals surface area contributed by atoms with Gasteiger partial charge in [-0.15, -0.1) is 0 Å². The number of morpholine rings is 1. The zero-order chi connectivity index (χ0) is 41.7. The van der Waals surface area contributed by atoms with E-state index in [0.717, 1.165) is 26.3 Å². The maximum absolute atomic E-state index is 16.3. The van der Waals surface area contributed by atoms with Gasteiger partial charge in [0.25, 0.3) is 0 Å². The molecule has 3 atom stereocenters. The van der Waals surface area contributed by atoms with E-state index in [9.17, 15) is 29.1 Å². The number of anilines is 3. The number of carbonyl (C=O) groups is 4. The van der Waals surface area contributed by atoms with Crippen LogP contribution < -0.4 is 30.2 Å². The lowest BCUT2D eigenvalue weighted by Crippen LogP contribution is -2.42. The maximum atomic E-state index is 16.3. The largest absolute Gasteiger partial charge is 0.504 e. The summed E-state index contributed by atoms with van der Waals surface area (Å²) >= 11 is 0. The van der Waals surface area contributed by atoms with Crippen LogP contribution in [-0.4, -0.2) is 124 Å². The van der Waals surface area contributed by atoms with Crippen molar-refractivity contribution in [3.63, 3.8) is 0 Å². The number of amides is 3. The third kappa shape index (κ3) is 7.45. The number of esters is 1. The van der Waals surface area contributed by atoms with E-state index in [1.54, 1.807) is 16.7 Å². The molecule has 17 nitrogen and oxygen atoms in total. The number of aromatic hydroxyl groups is 1. The number of phenolic OH excluding ortho intramolecular Hbond substituents is 1. The van der Waals surface area contributed by atoms with E-state index in [-0.39, 0.29) is 52.9 Å². The van der Waals surface area contributed by atoms with Gasteiger partial charge in [-0.25, -0.2) is 28.1 Å². The van der Waals surface area contributed by atoms with E-state index in [4.69, 9.17) is 23.7 Å². The van der Waals surface area contributed by atoms with Gasteiger partial charge >= 0.3 is 18.2 Å². The average Bonchev–Trinajstić information content (AvgIpc) is 3.85. The van der Waals surface area contributed by atoms with Gasteiger partial charge in [-0.05, 0) is 63.3 Å². The molecule has 1 aromatic heterocycles. The van der Waals surface area contributed by atoms with Crippen molar-refractivity contribution in [3.8, 4) is 11.5 Å². The Hall–Kier alpha value is -5.69. The summed E-state index contributed by atoms with van der Waals surface area (Å²) in [6.45, 7) is 4.88. The number of imide groups is 1. The minimum absolute atomic E-state index is 0.0475. The predicted octanol–water partition coefficient (Wildman–Crippen LogP) is 3.79. The fourth-order valence-corrected chi connectivity index (χ4v) is 8.79. The lowest BCUT2D eigenvalue weighted by molar-refractivity contribution is -0.128. The van der Waals surface area contributed by atoms with Gasteiger partial charge in [0.15, 0.2) is 17.3 Å². The topological polar surface area (TPSA) is 182 Å². The van der Waals surface area contributed by atoms with Gasteiger partial charge in [0.2, 0.25) is 18.1 Å². The number of benzene rings is 2.